The Balaban J connectivity index is 2.11. The van der Waals surface area contributed by atoms with E-state index in [0.29, 0.717) is 11.8 Å². The molecule has 5 heteroatoms. The van der Waals surface area contributed by atoms with Gasteiger partial charge < -0.3 is 5.73 Å². The zero-order valence-electron chi connectivity index (χ0n) is 14.6. The van der Waals surface area contributed by atoms with Gasteiger partial charge >= 0.3 is 0 Å². The van der Waals surface area contributed by atoms with Gasteiger partial charge in [0.05, 0.1) is 5.69 Å². The number of nitrogens with two attached hydrogens (primary N) is 1. The number of nitrogen functional groups attached to an aromatic ring is 1. The number of aromatic nitrogens is 4. The van der Waals surface area contributed by atoms with Crippen LogP contribution in [0.5, 0.6) is 0 Å². The normalized spacial score (nSPS) is 19.4. The molecule has 0 amide bonds. The van der Waals surface area contributed by atoms with Crippen LogP contribution >= 0.6 is 0 Å². The maximum Gasteiger partial charge on any atom is 0.252 e. The highest BCUT2D eigenvalue weighted by Gasteiger charge is 2.35. The number of nitrogens with zero attached hydrogens (tertiary/aromatic N) is 4. The third-order valence-corrected chi connectivity index (χ3v) is 4.33. The van der Waals surface area contributed by atoms with E-state index in [1.165, 1.54) is 12.0 Å². The molecule has 3 rings (SSSR count). The molecular weight excluding hydrogens is 286 g/mol. The zero-order chi connectivity index (χ0) is 16.8. The van der Waals surface area contributed by atoms with Crippen LogP contribution in [-0.4, -0.2) is 19.7 Å². The van der Waals surface area contributed by atoms with Crippen molar-refractivity contribution < 1.29 is 0 Å². The molecule has 0 radical (unpaired) electrons. The second-order valence-corrected chi connectivity index (χ2v) is 7.98. The molecule has 1 aliphatic carbocycles. The van der Waals surface area contributed by atoms with Crippen LogP contribution in [-0.2, 0) is 0 Å². The molecule has 0 bridgehead atoms. The molecule has 0 saturated carbocycles. The third kappa shape index (κ3) is 3.00. The van der Waals surface area contributed by atoms with E-state index in [0.717, 1.165) is 17.7 Å². The molecule has 2 N–H and O–H groups in total. The third-order valence-electron chi connectivity index (χ3n) is 4.33. The van der Waals surface area contributed by atoms with Gasteiger partial charge in [-0.05, 0) is 42.2 Å². The molecule has 2 aromatic heterocycles. The number of hydrogen-bond donors (Lipinski definition) is 1. The summed E-state index contributed by atoms with van der Waals surface area (Å²) in [5.74, 6) is 1.13. The molecule has 0 unspecified atom stereocenters. The van der Waals surface area contributed by atoms with Gasteiger partial charge in [-0.15, -0.1) is 0 Å². The topological polar surface area (TPSA) is 69.6 Å². The van der Waals surface area contributed by atoms with Crippen molar-refractivity contribution in [1.29, 1.82) is 0 Å². The molecule has 0 aliphatic heterocycles. The van der Waals surface area contributed by atoms with Crippen molar-refractivity contribution >= 4 is 11.4 Å². The lowest BCUT2D eigenvalue weighted by atomic mass is 9.66. The van der Waals surface area contributed by atoms with Gasteiger partial charge in [0.15, 0.2) is 0 Å². The lowest BCUT2D eigenvalue weighted by molar-refractivity contribution is 0.229. The Morgan fingerprint density at radius 2 is 1.78 bits per heavy atom. The maximum atomic E-state index is 6.42. The quantitative estimate of drug-likeness (QED) is 0.916. The van der Waals surface area contributed by atoms with Gasteiger partial charge in [-0.25, -0.2) is 9.97 Å². The molecule has 1 aliphatic rings. The van der Waals surface area contributed by atoms with Crippen LogP contribution in [0.3, 0.4) is 0 Å². The fourth-order valence-electron chi connectivity index (χ4n) is 4.04. The van der Waals surface area contributed by atoms with Crippen LogP contribution in [0, 0.1) is 17.8 Å². The summed E-state index contributed by atoms with van der Waals surface area (Å²) < 4.78 is 1.64. The smallest absolute Gasteiger partial charge is 0.252 e. The largest absolute Gasteiger partial charge is 0.383 e. The summed E-state index contributed by atoms with van der Waals surface area (Å²) in [5, 5.41) is 4.58. The number of anilines is 1. The van der Waals surface area contributed by atoms with Crippen LogP contribution < -0.4 is 5.73 Å². The average molecular weight is 311 g/mol. The molecule has 23 heavy (non-hydrogen) atoms. The Morgan fingerprint density at radius 1 is 1.13 bits per heavy atom. The van der Waals surface area contributed by atoms with Crippen molar-refractivity contribution in [2.45, 2.75) is 47.5 Å². The summed E-state index contributed by atoms with van der Waals surface area (Å²) in [6, 6.07) is 1.78. The first-order valence-electron chi connectivity index (χ1n) is 8.03. The zero-order valence-corrected chi connectivity index (χ0v) is 14.6. The lowest BCUT2D eigenvalue weighted by Crippen LogP contribution is -2.27. The highest BCUT2D eigenvalue weighted by Crippen LogP contribution is 2.48. The number of aryl methyl sites for hydroxylation is 1. The summed E-state index contributed by atoms with van der Waals surface area (Å²) in [7, 11) is 0. The van der Waals surface area contributed by atoms with Crippen molar-refractivity contribution in [3.63, 3.8) is 0 Å². The van der Waals surface area contributed by atoms with Crippen LogP contribution in [0.15, 0.2) is 24.5 Å². The first-order chi connectivity index (χ1) is 10.7. The van der Waals surface area contributed by atoms with E-state index in [4.69, 9.17) is 5.73 Å². The Hall–Kier alpha value is -2.17. The Kier molecular flexibility index (Phi) is 3.54. The van der Waals surface area contributed by atoms with Gasteiger partial charge in [-0.1, -0.05) is 33.8 Å². The lowest BCUT2D eigenvalue weighted by Gasteiger charge is -2.39. The number of rotatable bonds is 2. The Labute approximate surface area is 137 Å². The highest BCUT2D eigenvalue weighted by molar-refractivity contribution is 5.77. The van der Waals surface area contributed by atoms with Gasteiger partial charge in [-0.3, -0.25) is 0 Å². The van der Waals surface area contributed by atoms with Gasteiger partial charge in [0.25, 0.3) is 5.95 Å². The van der Waals surface area contributed by atoms with E-state index in [9.17, 15) is 0 Å². The van der Waals surface area contributed by atoms with E-state index >= 15 is 0 Å². The first-order valence-corrected chi connectivity index (χ1v) is 8.03. The van der Waals surface area contributed by atoms with E-state index in [2.05, 4.69) is 48.8 Å². The van der Waals surface area contributed by atoms with Crippen molar-refractivity contribution in [3.8, 4) is 5.95 Å². The van der Waals surface area contributed by atoms with Gasteiger partial charge in [-0.2, -0.15) is 9.78 Å². The molecule has 0 spiro atoms. The molecule has 2 heterocycles. The van der Waals surface area contributed by atoms with Gasteiger partial charge in [0, 0.05) is 18.0 Å². The van der Waals surface area contributed by atoms with Crippen molar-refractivity contribution in [2.75, 3.05) is 5.73 Å². The molecule has 2 aromatic rings. The minimum absolute atomic E-state index is 0.154. The molecule has 0 saturated heterocycles. The first kappa shape index (κ1) is 15.7. The molecular formula is C18H25N5. The molecule has 0 atom stereocenters. The average Bonchev–Trinajstić information content (AvgIpc) is 2.71. The SMILES string of the molecule is Cc1nn(-c2ncccn2)c(N)c1C1=CC(C)(C)CC(C)(C)C1. The summed E-state index contributed by atoms with van der Waals surface area (Å²) in [4.78, 5) is 8.51. The van der Waals surface area contributed by atoms with Crippen molar-refractivity contribution in [3.05, 3.63) is 35.8 Å². The van der Waals surface area contributed by atoms with Crippen LogP contribution in [0.1, 0.15) is 51.8 Å². The van der Waals surface area contributed by atoms with E-state index in [1.54, 1.807) is 23.1 Å². The summed E-state index contributed by atoms with van der Waals surface area (Å²) >= 11 is 0. The Morgan fingerprint density at radius 3 is 2.39 bits per heavy atom. The van der Waals surface area contributed by atoms with E-state index in [1.807, 2.05) is 6.92 Å². The summed E-state index contributed by atoms with van der Waals surface area (Å²) in [6.07, 6.45) is 7.92. The monoisotopic (exact) mass is 311 g/mol. The number of hydrogen-bond acceptors (Lipinski definition) is 4. The van der Waals surface area contributed by atoms with Gasteiger partial charge in [0.1, 0.15) is 5.82 Å². The minimum atomic E-state index is 0.154. The summed E-state index contributed by atoms with van der Waals surface area (Å²) in [6.45, 7) is 11.2. The highest BCUT2D eigenvalue weighted by atomic mass is 15.4. The van der Waals surface area contributed by atoms with Crippen LogP contribution in [0.2, 0.25) is 0 Å². The van der Waals surface area contributed by atoms with Crippen LogP contribution in [0.25, 0.3) is 11.5 Å². The molecule has 0 fully saturated rings. The van der Waals surface area contributed by atoms with Crippen LogP contribution in [0.4, 0.5) is 5.82 Å². The molecule has 5 nitrogen and oxygen atoms in total. The fourth-order valence-corrected chi connectivity index (χ4v) is 4.04. The minimum Gasteiger partial charge on any atom is -0.383 e. The van der Waals surface area contributed by atoms with E-state index in [-0.39, 0.29) is 10.8 Å². The summed E-state index contributed by atoms with van der Waals surface area (Å²) in [5.41, 5.74) is 10.1. The number of allylic oxidation sites excluding steroid dienone is 2. The second kappa shape index (κ2) is 5.18. The standard InChI is InChI=1S/C18H25N5/c1-12-14(13-9-17(2,3)11-18(4,5)10-13)15(19)23(22-12)16-20-7-6-8-21-16/h6-9H,10-11,19H2,1-5H3. The van der Waals surface area contributed by atoms with Crippen molar-refractivity contribution in [2.24, 2.45) is 10.8 Å². The Bertz CT molecular complexity index is 753. The molecule has 122 valence electrons. The van der Waals surface area contributed by atoms with Gasteiger partial charge in [0.2, 0.25) is 0 Å². The second-order valence-electron chi connectivity index (χ2n) is 7.98. The maximum absolute atomic E-state index is 6.42. The molecule has 0 aromatic carbocycles. The van der Waals surface area contributed by atoms with Crippen molar-refractivity contribution in [1.82, 2.24) is 19.7 Å². The predicted molar refractivity (Wildman–Crippen MR) is 93.1 cm³/mol. The fraction of sp³-hybridized carbons (Fsp3) is 0.500. The predicted octanol–water partition coefficient (Wildman–Crippen LogP) is 3.78. The van der Waals surface area contributed by atoms with E-state index < -0.39 is 0 Å².